The molecular weight excluding hydrogens is 460 g/mol. The molecule has 10 nitrogen and oxygen atoms in total. The molecule has 0 spiro atoms. The van der Waals surface area contributed by atoms with E-state index in [9.17, 15) is 14.4 Å². The van der Waals surface area contributed by atoms with E-state index in [1.54, 1.807) is 63.2 Å². The molecular formula is C26H32N6O4. The van der Waals surface area contributed by atoms with E-state index in [-0.39, 0.29) is 12.0 Å². The molecule has 3 aromatic rings. The number of benzene rings is 1. The van der Waals surface area contributed by atoms with Crippen LogP contribution in [0.4, 0.5) is 16.2 Å². The highest BCUT2D eigenvalue weighted by atomic mass is 16.6. The normalized spacial score (nSPS) is 18.1. The van der Waals surface area contributed by atoms with Crippen LogP contribution in [0.15, 0.2) is 36.7 Å². The summed E-state index contributed by atoms with van der Waals surface area (Å²) in [6.07, 6.45) is 4.56. The molecule has 1 aliphatic rings. The summed E-state index contributed by atoms with van der Waals surface area (Å²) in [5, 5.41) is 13.1. The number of pyridine rings is 1. The number of aromatic nitrogens is 3. The first kappa shape index (κ1) is 25.2. The van der Waals surface area contributed by atoms with Gasteiger partial charge in [-0.2, -0.15) is 5.10 Å². The number of hydrogen-bond acceptors (Lipinski definition) is 6. The van der Waals surface area contributed by atoms with Gasteiger partial charge in [-0.15, -0.1) is 0 Å². The van der Waals surface area contributed by atoms with E-state index in [0.717, 1.165) is 29.4 Å². The number of likely N-dealkylation sites (tertiary alicyclic amines) is 1. The Morgan fingerprint density at radius 3 is 2.61 bits per heavy atom. The standard InChI is InChI=1S/C26H32N6O4/c1-15-6-9-21(17-11-18-13-28-31-22(18)27-12-17)32(14-15)24(34)23(33)29-19-7-8-20(16(2)10-19)30-25(35)36-26(3,4)5/h7-8,10-13,15,21H,6,9,14H2,1-5H3,(H,29,33)(H,30,35)(H,27,28,31)/t15-,21+/m0/s1. The van der Waals surface area contributed by atoms with E-state index in [2.05, 4.69) is 32.7 Å². The number of aryl methyl sites for hydroxylation is 1. The first-order chi connectivity index (χ1) is 17.0. The summed E-state index contributed by atoms with van der Waals surface area (Å²) < 4.78 is 5.28. The van der Waals surface area contributed by atoms with Crippen LogP contribution in [0.1, 0.15) is 57.7 Å². The lowest BCUT2D eigenvalue weighted by molar-refractivity contribution is -0.146. The van der Waals surface area contributed by atoms with Gasteiger partial charge in [-0.1, -0.05) is 6.92 Å². The fraction of sp³-hybridized carbons (Fsp3) is 0.423. The van der Waals surface area contributed by atoms with Crippen LogP contribution in [-0.2, 0) is 14.3 Å². The first-order valence-electron chi connectivity index (χ1n) is 12.0. The van der Waals surface area contributed by atoms with Gasteiger partial charge in [-0.3, -0.25) is 20.0 Å². The van der Waals surface area contributed by atoms with Crippen LogP contribution in [0.3, 0.4) is 0 Å². The lowest BCUT2D eigenvalue weighted by atomic mass is 9.90. The molecule has 3 N–H and O–H groups in total. The summed E-state index contributed by atoms with van der Waals surface area (Å²) >= 11 is 0. The SMILES string of the molecule is Cc1cc(NC(=O)C(=O)N2C[C@@H](C)CC[C@@H]2c2cnc3[nH]ncc3c2)ccc1NC(=O)OC(C)(C)C. The maximum atomic E-state index is 13.3. The molecule has 36 heavy (non-hydrogen) atoms. The van der Waals surface area contributed by atoms with Crippen molar-refractivity contribution in [2.45, 2.75) is 59.1 Å². The molecule has 0 radical (unpaired) electrons. The average molecular weight is 493 g/mol. The minimum atomic E-state index is -0.710. The number of hydrogen-bond donors (Lipinski definition) is 3. The van der Waals surface area contributed by atoms with E-state index >= 15 is 0 Å². The van der Waals surface area contributed by atoms with Gasteiger partial charge in [-0.25, -0.2) is 9.78 Å². The predicted octanol–water partition coefficient (Wildman–Crippen LogP) is 4.55. The number of anilines is 2. The first-order valence-corrected chi connectivity index (χ1v) is 12.0. The zero-order valence-electron chi connectivity index (χ0n) is 21.2. The Morgan fingerprint density at radius 2 is 1.89 bits per heavy atom. The van der Waals surface area contributed by atoms with Gasteiger partial charge in [0.2, 0.25) is 0 Å². The third-order valence-electron chi connectivity index (χ3n) is 6.09. The molecule has 4 rings (SSSR count). The molecule has 1 aliphatic heterocycles. The van der Waals surface area contributed by atoms with Crippen LogP contribution in [0.5, 0.6) is 0 Å². The molecule has 1 saturated heterocycles. The molecule has 1 fully saturated rings. The van der Waals surface area contributed by atoms with Crippen molar-refractivity contribution >= 4 is 40.3 Å². The second kappa shape index (κ2) is 9.96. The fourth-order valence-electron chi connectivity index (χ4n) is 4.37. The molecule has 10 heteroatoms. The zero-order valence-corrected chi connectivity index (χ0v) is 21.2. The second-order valence-electron chi connectivity index (χ2n) is 10.3. The maximum Gasteiger partial charge on any atom is 0.412 e. The van der Waals surface area contributed by atoms with Gasteiger partial charge in [0.15, 0.2) is 5.65 Å². The van der Waals surface area contributed by atoms with Crippen molar-refractivity contribution in [1.82, 2.24) is 20.1 Å². The minimum Gasteiger partial charge on any atom is -0.444 e. The Hall–Kier alpha value is -3.95. The predicted molar refractivity (Wildman–Crippen MR) is 136 cm³/mol. The number of nitrogens with zero attached hydrogens (tertiary/aromatic N) is 3. The summed E-state index contributed by atoms with van der Waals surface area (Å²) in [4.78, 5) is 44.4. The van der Waals surface area contributed by atoms with Crippen molar-refractivity contribution < 1.29 is 19.1 Å². The summed E-state index contributed by atoms with van der Waals surface area (Å²) in [7, 11) is 0. The number of amides is 3. The number of H-pyrrole nitrogens is 1. The van der Waals surface area contributed by atoms with Gasteiger partial charge < -0.3 is 15.0 Å². The minimum absolute atomic E-state index is 0.242. The van der Waals surface area contributed by atoms with Gasteiger partial charge in [0.05, 0.1) is 12.2 Å². The van der Waals surface area contributed by atoms with Crippen molar-refractivity contribution in [3.8, 4) is 0 Å². The molecule has 2 atom stereocenters. The number of carbonyl (C=O) groups excluding carboxylic acids is 3. The fourth-order valence-corrected chi connectivity index (χ4v) is 4.37. The van der Waals surface area contributed by atoms with Crippen LogP contribution in [-0.4, -0.2) is 50.1 Å². The number of ether oxygens (including phenoxy) is 1. The average Bonchev–Trinajstić information content (AvgIpc) is 3.27. The highest BCUT2D eigenvalue weighted by molar-refractivity contribution is 6.39. The highest BCUT2D eigenvalue weighted by Gasteiger charge is 2.34. The third-order valence-corrected chi connectivity index (χ3v) is 6.09. The van der Waals surface area contributed by atoms with Crippen LogP contribution in [0, 0.1) is 12.8 Å². The van der Waals surface area contributed by atoms with E-state index < -0.39 is 23.5 Å². The van der Waals surface area contributed by atoms with Crippen molar-refractivity contribution in [1.29, 1.82) is 0 Å². The topological polar surface area (TPSA) is 129 Å². The van der Waals surface area contributed by atoms with Gasteiger partial charge in [-0.05, 0) is 81.8 Å². The second-order valence-corrected chi connectivity index (χ2v) is 10.3. The summed E-state index contributed by atoms with van der Waals surface area (Å²) in [6.45, 7) is 9.72. The Bertz CT molecular complexity index is 1300. The van der Waals surface area contributed by atoms with E-state index in [1.807, 2.05) is 6.07 Å². The molecule has 2 aromatic heterocycles. The van der Waals surface area contributed by atoms with E-state index in [4.69, 9.17) is 4.74 Å². The van der Waals surface area contributed by atoms with Crippen LogP contribution in [0.2, 0.25) is 0 Å². The summed E-state index contributed by atoms with van der Waals surface area (Å²) in [5.41, 5.74) is 2.68. The largest absolute Gasteiger partial charge is 0.444 e. The lowest BCUT2D eigenvalue weighted by Crippen LogP contribution is -2.46. The smallest absolute Gasteiger partial charge is 0.412 e. The Morgan fingerprint density at radius 1 is 1.11 bits per heavy atom. The van der Waals surface area contributed by atoms with Gasteiger partial charge >= 0.3 is 17.9 Å². The van der Waals surface area contributed by atoms with Crippen LogP contribution in [0.25, 0.3) is 11.0 Å². The molecule has 3 heterocycles. The molecule has 3 amide bonds. The van der Waals surface area contributed by atoms with Gasteiger partial charge in [0.25, 0.3) is 0 Å². The lowest BCUT2D eigenvalue weighted by Gasteiger charge is -2.38. The number of aromatic amines is 1. The van der Waals surface area contributed by atoms with Crippen molar-refractivity contribution in [3.05, 3.63) is 47.8 Å². The number of nitrogens with one attached hydrogen (secondary N) is 3. The Labute approximate surface area is 209 Å². The summed E-state index contributed by atoms with van der Waals surface area (Å²) in [6, 6.07) is 6.72. The molecule has 0 aliphatic carbocycles. The molecule has 0 unspecified atom stereocenters. The quantitative estimate of drug-likeness (QED) is 0.460. The van der Waals surface area contributed by atoms with Gasteiger partial charge in [0.1, 0.15) is 5.60 Å². The Balaban J connectivity index is 1.46. The molecule has 0 saturated carbocycles. The number of piperidine rings is 1. The summed E-state index contributed by atoms with van der Waals surface area (Å²) in [5.74, 6) is -1.02. The van der Waals surface area contributed by atoms with E-state index in [1.165, 1.54) is 0 Å². The monoisotopic (exact) mass is 492 g/mol. The van der Waals surface area contributed by atoms with Crippen LogP contribution < -0.4 is 10.6 Å². The van der Waals surface area contributed by atoms with Crippen molar-refractivity contribution in [3.63, 3.8) is 0 Å². The van der Waals surface area contributed by atoms with E-state index in [0.29, 0.717) is 23.6 Å². The molecule has 190 valence electrons. The molecule has 1 aromatic carbocycles. The number of carbonyl (C=O) groups is 3. The molecule has 0 bridgehead atoms. The highest BCUT2D eigenvalue weighted by Crippen LogP contribution is 2.34. The Kier molecular flexibility index (Phi) is 6.96. The number of fused-ring (bicyclic) bond motifs is 1. The van der Waals surface area contributed by atoms with Crippen molar-refractivity contribution in [2.24, 2.45) is 5.92 Å². The third kappa shape index (κ3) is 5.81. The van der Waals surface area contributed by atoms with Crippen LogP contribution >= 0.6 is 0 Å². The maximum absolute atomic E-state index is 13.3. The van der Waals surface area contributed by atoms with Crippen molar-refractivity contribution in [2.75, 3.05) is 17.2 Å². The number of rotatable bonds is 3. The zero-order chi connectivity index (χ0) is 26.0. The van der Waals surface area contributed by atoms with Gasteiger partial charge in [0, 0.05) is 29.5 Å².